The molecule has 1 aromatic rings. The van der Waals surface area contributed by atoms with Crippen LogP contribution in [0.3, 0.4) is 0 Å². The van der Waals surface area contributed by atoms with Gasteiger partial charge in [0.25, 0.3) is 0 Å². The normalized spacial score (nSPS) is 16.2. The largest absolute Gasteiger partial charge is 0.493 e. The first-order valence-electron chi connectivity index (χ1n) is 9.38. The summed E-state index contributed by atoms with van der Waals surface area (Å²) in [6.07, 6.45) is -8.72. The van der Waals surface area contributed by atoms with Crippen LogP contribution in [0, 0.1) is 0 Å². The monoisotopic (exact) mass is 444 g/mol. The molecule has 11 heteroatoms. The number of rotatable bonds is 6. The molecule has 0 radical (unpaired) electrons. The van der Waals surface area contributed by atoms with E-state index in [9.17, 15) is 26.3 Å². The molecule has 1 aliphatic heterocycles. The van der Waals surface area contributed by atoms with E-state index >= 15 is 0 Å². The number of aliphatic carboxylic acids is 1. The zero-order valence-corrected chi connectivity index (χ0v) is 16.8. The highest BCUT2D eigenvalue weighted by molar-refractivity contribution is 5.73. The van der Waals surface area contributed by atoms with E-state index in [2.05, 4.69) is 23.6 Å². The Bertz CT molecular complexity index is 656. The third-order valence-electron chi connectivity index (χ3n) is 4.45. The van der Waals surface area contributed by atoms with E-state index in [1.165, 1.54) is 12.1 Å². The van der Waals surface area contributed by atoms with Crippen LogP contribution in [0.1, 0.15) is 25.8 Å². The Labute approximate surface area is 171 Å². The third kappa shape index (κ3) is 9.21. The summed E-state index contributed by atoms with van der Waals surface area (Å²) >= 11 is 0. The molecule has 1 aromatic carbocycles. The van der Waals surface area contributed by atoms with Crippen LogP contribution in [0.25, 0.3) is 0 Å². The average Bonchev–Trinajstić information content (AvgIpc) is 2.65. The van der Waals surface area contributed by atoms with Gasteiger partial charge in [-0.05, 0) is 32.4 Å². The number of carboxylic acid groups (broad SMARTS) is 1. The summed E-state index contributed by atoms with van der Waals surface area (Å²) in [4.78, 5) is 13.7. The van der Waals surface area contributed by atoms with E-state index in [0.717, 1.165) is 45.2 Å². The average molecular weight is 444 g/mol. The maximum Gasteiger partial charge on any atom is 0.490 e. The van der Waals surface area contributed by atoms with E-state index in [1.807, 2.05) is 0 Å². The van der Waals surface area contributed by atoms with E-state index in [1.54, 1.807) is 6.07 Å². The molecule has 0 unspecified atom stereocenters. The van der Waals surface area contributed by atoms with Crippen molar-refractivity contribution in [2.24, 2.45) is 0 Å². The zero-order valence-electron chi connectivity index (χ0n) is 16.8. The van der Waals surface area contributed by atoms with Crippen molar-refractivity contribution in [1.29, 1.82) is 0 Å². The first-order chi connectivity index (χ1) is 13.8. The molecule has 2 rings (SSSR count). The minimum Gasteiger partial charge on any atom is -0.493 e. The fourth-order valence-electron chi connectivity index (χ4n) is 2.80. The SMILES string of the molecule is CC(C)N1CCN(CCCOc2ccccc2C(F)(F)F)CC1.O=C(O)C(F)(F)F. The number of ether oxygens (including phenoxy) is 1. The molecule has 1 saturated heterocycles. The van der Waals surface area contributed by atoms with Gasteiger partial charge in [-0.15, -0.1) is 0 Å². The molecular formula is C19H26F6N2O3. The van der Waals surface area contributed by atoms with Crippen LogP contribution >= 0.6 is 0 Å². The van der Waals surface area contributed by atoms with E-state index in [-0.39, 0.29) is 5.75 Å². The smallest absolute Gasteiger partial charge is 0.490 e. The highest BCUT2D eigenvalue weighted by Gasteiger charge is 2.38. The number of piperazine rings is 1. The molecule has 0 amide bonds. The van der Waals surface area contributed by atoms with Crippen LogP contribution in [0.5, 0.6) is 5.75 Å². The van der Waals surface area contributed by atoms with Crippen LogP contribution in [0.2, 0.25) is 0 Å². The molecule has 5 nitrogen and oxygen atoms in total. The molecule has 0 aromatic heterocycles. The molecule has 172 valence electrons. The van der Waals surface area contributed by atoms with Gasteiger partial charge < -0.3 is 14.7 Å². The summed E-state index contributed by atoms with van der Waals surface area (Å²) in [5.41, 5.74) is -0.703. The Balaban J connectivity index is 0.000000553. The fourth-order valence-corrected chi connectivity index (χ4v) is 2.80. The predicted octanol–water partition coefficient (Wildman–Crippen LogP) is 4.13. The molecule has 0 atom stereocenters. The third-order valence-corrected chi connectivity index (χ3v) is 4.45. The van der Waals surface area contributed by atoms with Crippen LogP contribution in [0.4, 0.5) is 26.3 Å². The van der Waals surface area contributed by atoms with Crippen molar-refractivity contribution in [3.63, 3.8) is 0 Å². The van der Waals surface area contributed by atoms with Crippen LogP contribution in [0.15, 0.2) is 24.3 Å². The molecule has 1 N–H and O–H groups in total. The number of nitrogens with zero attached hydrogens (tertiary/aromatic N) is 2. The van der Waals surface area contributed by atoms with Gasteiger partial charge in [-0.2, -0.15) is 26.3 Å². The molecule has 0 saturated carbocycles. The maximum absolute atomic E-state index is 12.9. The molecule has 0 spiro atoms. The molecule has 1 aliphatic rings. The number of hydrogen-bond acceptors (Lipinski definition) is 4. The van der Waals surface area contributed by atoms with E-state index < -0.39 is 23.9 Å². The number of para-hydroxylation sites is 1. The Morgan fingerprint density at radius 3 is 2.07 bits per heavy atom. The number of benzene rings is 1. The summed E-state index contributed by atoms with van der Waals surface area (Å²) in [5.74, 6) is -2.84. The lowest BCUT2D eigenvalue weighted by Gasteiger charge is -2.36. The van der Waals surface area contributed by atoms with Crippen LogP contribution in [-0.2, 0) is 11.0 Å². The van der Waals surface area contributed by atoms with Crippen molar-refractivity contribution >= 4 is 5.97 Å². The van der Waals surface area contributed by atoms with Gasteiger partial charge in [0.05, 0.1) is 12.2 Å². The summed E-state index contributed by atoms with van der Waals surface area (Å²) < 4.78 is 75.7. The Kier molecular flexibility index (Phi) is 9.89. The Hall–Kier alpha value is -2.01. The lowest BCUT2D eigenvalue weighted by molar-refractivity contribution is -0.192. The van der Waals surface area contributed by atoms with Gasteiger partial charge in [0.1, 0.15) is 5.75 Å². The quantitative estimate of drug-likeness (QED) is 0.528. The minimum absolute atomic E-state index is 0.0790. The predicted molar refractivity (Wildman–Crippen MR) is 98.4 cm³/mol. The highest BCUT2D eigenvalue weighted by atomic mass is 19.4. The van der Waals surface area contributed by atoms with Gasteiger partial charge in [0.15, 0.2) is 0 Å². The lowest BCUT2D eigenvalue weighted by atomic mass is 10.2. The van der Waals surface area contributed by atoms with Gasteiger partial charge in [-0.3, -0.25) is 4.90 Å². The molecule has 0 bridgehead atoms. The molecular weight excluding hydrogens is 418 g/mol. The zero-order chi connectivity index (χ0) is 22.9. The minimum atomic E-state index is -5.08. The van der Waals surface area contributed by atoms with E-state index in [4.69, 9.17) is 14.6 Å². The van der Waals surface area contributed by atoms with Crippen molar-refractivity contribution in [2.75, 3.05) is 39.3 Å². The number of halogens is 6. The number of carbonyl (C=O) groups is 1. The summed E-state index contributed by atoms with van der Waals surface area (Å²) in [6.45, 7) is 9.68. The van der Waals surface area contributed by atoms with Gasteiger partial charge in [-0.25, -0.2) is 4.79 Å². The molecule has 1 fully saturated rings. The number of hydrogen-bond donors (Lipinski definition) is 1. The number of carboxylic acids is 1. The summed E-state index contributed by atoms with van der Waals surface area (Å²) in [5, 5.41) is 7.12. The fraction of sp³-hybridized carbons (Fsp3) is 0.632. The van der Waals surface area contributed by atoms with Crippen molar-refractivity contribution in [2.45, 2.75) is 38.7 Å². The second-order valence-corrected chi connectivity index (χ2v) is 6.97. The van der Waals surface area contributed by atoms with Gasteiger partial charge in [0, 0.05) is 38.8 Å². The first kappa shape index (κ1) is 26.0. The Morgan fingerprint density at radius 2 is 1.60 bits per heavy atom. The summed E-state index contributed by atoms with van der Waals surface area (Å²) in [6, 6.07) is 5.95. The van der Waals surface area contributed by atoms with Crippen molar-refractivity contribution in [3.8, 4) is 5.75 Å². The van der Waals surface area contributed by atoms with Gasteiger partial charge in [-0.1, -0.05) is 12.1 Å². The van der Waals surface area contributed by atoms with Crippen LogP contribution in [-0.4, -0.2) is 72.4 Å². The standard InChI is InChI=1S/C17H25F3N2O.C2HF3O2/c1-14(2)22-11-9-21(10-12-22)8-5-13-23-16-7-4-3-6-15(16)17(18,19)20;3-2(4,5)1(6)7/h3-4,6-7,14H,5,8-13H2,1-2H3;(H,6,7). The molecule has 0 aliphatic carbocycles. The second kappa shape index (κ2) is 11.4. The van der Waals surface area contributed by atoms with Gasteiger partial charge in [0.2, 0.25) is 0 Å². The molecule has 1 heterocycles. The van der Waals surface area contributed by atoms with Crippen molar-refractivity contribution < 1.29 is 41.0 Å². The lowest BCUT2D eigenvalue weighted by Crippen LogP contribution is -2.49. The number of alkyl halides is 6. The second-order valence-electron chi connectivity index (χ2n) is 6.97. The summed E-state index contributed by atoms with van der Waals surface area (Å²) in [7, 11) is 0. The van der Waals surface area contributed by atoms with Crippen molar-refractivity contribution in [1.82, 2.24) is 9.80 Å². The first-order valence-corrected chi connectivity index (χ1v) is 9.38. The topological polar surface area (TPSA) is 53.0 Å². The van der Waals surface area contributed by atoms with Gasteiger partial charge >= 0.3 is 18.3 Å². The highest BCUT2D eigenvalue weighted by Crippen LogP contribution is 2.35. The maximum atomic E-state index is 12.9. The van der Waals surface area contributed by atoms with Crippen molar-refractivity contribution in [3.05, 3.63) is 29.8 Å². The van der Waals surface area contributed by atoms with E-state index in [0.29, 0.717) is 12.6 Å². The molecule has 30 heavy (non-hydrogen) atoms. The van der Waals surface area contributed by atoms with Crippen LogP contribution < -0.4 is 4.74 Å². The Morgan fingerprint density at radius 1 is 1.07 bits per heavy atom.